The Bertz CT molecular complexity index is 665. The minimum absolute atomic E-state index is 0.166. The van der Waals surface area contributed by atoms with Gasteiger partial charge in [0.2, 0.25) is 0 Å². The second-order valence-corrected chi connectivity index (χ2v) is 5.27. The summed E-state index contributed by atoms with van der Waals surface area (Å²) in [6.45, 7) is 7.20. The van der Waals surface area contributed by atoms with Crippen LogP contribution in [0.3, 0.4) is 0 Å². The lowest BCUT2D eigenvalue weighted by Gasteiger charge is -2.11. The van der Waals surface area contributed by atoms with Crippen molar-refractivity contribution in [1.29, 1.82) is 0 Å². The molecule has 0 heterocycles. The summed E-state index contributed by atoms with van der Waals surface area (Å²) in [5.41, 5.74) is 1.53. The van der Waals surface area contributed by atoms with Crippen LogP contribution in [-0.4, -0.2) is 19.1 Å². The molecule has 0 atom stereocenters. The fourth-order valence-electron chi connectivity index (χ4n) is 2.13. The first-order valence-electron chi connectivity index (χ1n) is 8.07. The van der Waals surface area contributed by atoms with Crippen molar-refractivity contribution in [2.75, 3.05) is 13.2 Å². The van der Waals surface area contributed by atoms with E-state index in [2.05, 4.69) is 18.8 Å². The molecule has 2 aromatic rings. The van der Waals surface area contributed by atoms with Crippen molar-refractivity contribution >= 4 is 5.91 Å². The Kier molecular flexibility index (Phi) is 6.90. The van der Waals surface area contributed by atoms with Gasteiger partial charge in [0, 0.05) is 6.54 Å². The summed E-state index contributed by atoms with van der Waals surface area (Å²) in [7, 11) is 0. The molecule has 0 aliphatic heterocycles. The number of rotatable bonds is 9. The maximum absolute atomic E-state index is 12.4. The zero-order chi connectivity index (χ0) is 17.2. The van der Waals surface area contributed by atoms with Crippen molar-refractivity contribution in [2.45, 2.75) is 19.9 Å². The van der Waals surface area contributed by atoms with E-state index in [0.29, 0.717) is 31.1 Å². The molecule has 4 heteroatoms. The molecule has 0 aromatic heterocycles. The predicted molar refractivity (Wildman–Crippen MR) is 95.5 cm³/mol. The second kappa shape index (κ2) is 9.40. The molecule has 0 spiro atoms. The van der Waals surface area contributed by atoms with Crippen molar-refractivity contribution in [3.8, 4) is 11.5 Å². The standard InChI is InChI=1S/C20H23NO3/c1-3-13-23-17-11-9-16(10-12-17)15-21-20(22)18-7-5-6-8-19(18)24-14-4-2/h4-12H,2-3,13-15H2,1H3,(H,21,22). The van der Waals surface area contributed by atoms with Gasteiger partial charge in [-0.05, 0) is 36.2 Å². The van der Waals surface area contributed by atoms with Crippen LogP contribution in [0.4, 0.5) is 0 Å². The van der Waals surface area contributed by atoms with E-state index >= 15 is 0 Å². The van der Waals surface area contributed by atoms with Gasteiger partial charge in [0.15, 0.2) is 0 Å². The smallest absolute Gasteiger partial charge is 0.255 e. The number of carbonyl (C=O) groups excluding carboxylic acids is 1. The predicted octanol–water partition coefficient (Wildman–Crippen LogP) is 3.97. The molecule has 1 amide bonds. The number of benzene rings is 2. The zero-order valence-electron chi connectivity index (χ0n) is 14.0. The molecule has 1 N–H and O–H groups in total. The minimum atomic E-state index is -0.166. The Labute approximate surface area is 143 Å². The maximum atomic E-state index is 12.4. The molecule has 0 fully saturated rings. The van der Waals surface area contributed by atoms with E-state index in [9.17, 15) is 4.79 Å². The first-order valence-corrected chi connectivity index (χ1v) is 8.07. The normalized spacial score (nSPS) is 10.0. The molecule has 0 aliphatic rings. The Morgan fingerprint density at radius 2 is 1.88 bits per heavy atom. The molecule has 0 saturated carbocycles. The van der Waals surface area contributed by atoms with Gasteiger partial charge in [-0.25, -0.2) is 0 Å². The van der Waals surface area contributed by atoms with Crippen LogP contribution in [0.25, 0.3) is 0 Å². The summed E-state index contributed by atoms with van der Waals surface area (Å²) in [4.78, 5) is 12.4. The van der Waals surface area contributed by atoms with E-state index in [1.54, 1.807) is 18.2 Å². The van der Waals surface area contributed by atoms with Crippen LogP contribution in [-0.2, 0) is 6.54 Å². The van der Waals surface area contributed by atoms with E-state index in [1.165, 1.54) is 0 Å². The third kappa shape index (κ3) is 5.16. The van der Waals surface area contributed by atoms with Crippen LogP contribution in [0.5, 0.6) is 11.5 Å². The van der Waals surface area contributed by atoms with E-state index in [4.69, 9.17) is 9.47 Å². The molecular formula is C20H23NO3. The number of para-hydroxylation sites is 1. The summed E-state index contributed by atoms with van der Waals surface area (Å²) >= 11 is 0. The minimum Gasteiger partial charge on any atom is -0.494 e. The third-order valence-electron chi connectivity index (χ3n) is 3.34. The average Bonchev–Trinajstić information content (AvgIpc) is 2.63. The number of hydrogen-bond donors (Lipinski definition) is 1. The molecule has 0 aliphatic carbocycles. The topological polar surface area (TPSA) is 47.6 Å². The summed E-state index contributed by atoms with van der Waals surface area (Å²) in [6, 6.07) is 14.9. The van der Waals surface area contributed by atoms with Gasteiger partial charge in [0.05, 0.1) is 12.2 Å². The quantitative estimate of drug-likeness (QED) is 0.710. The van der Waals surface area contributed by atoms with Crippen molar-refractivity contribution in [1.82, 2.24) is 5.32 Å². The molecule has 0 radical (unpaired) electrons. The van der Waals surface area contributed by atoms with Crippen molar-refractivity contribution in [3.63, 3.8) is 0 Å². The van der Waals surface area contributed by atoms with Crippen LogP contribution in [0.2, 0.25) is 0 Å². The van der Waals surface area contributed by atoms with Crippen LogP contribution in [0.1, 0.15) is 29.3 Å². The monoisotopic (exact) mass is 325 g/mol. The van der Waals surface area contributed by atoms with Crippen LogP contribution in [0.15, 0.2) is 61.2 Å². The fraction of sp³-hybridized carbons (Fsp3) is 0.250. The second-order valence-electron chi connectivity index (χ2n) is 5.27. The lowest BCUT2D eigenvalue weighted by molar-refractivity contribution is 0.0947. The van der Waals surface area contributed by atoms with Gasteiger partial charge in [-0.1, -0.05) is 43.8 Å². The molecule has 2 aromatic carbocycles. The molecule has 4 nitrogen and oxygen atoms in total. The summed E-state index contributed by atoms with van der Waals surface area (Å²) in [6.07, 6.45) is 2.63. The Balaban J connectivity index is 1.94. The van der Waals surface area contributed by atoms with Crippen molar-refractivity contribution in [2.24, 2.45) is 0 Å². The number of ether oxygens (including phenoxy) is 2. The third-order valence-corrected chi connectivity index (χ3v) is 3.34. The van der Waals surface area contributed by atoms with Crippen LogP contribution in [0, 0.1) is 0 Å². The van der Waals surface area contributed by atoms with Gasteiger partial charge < -0.3 is 14.8 Å². The highest BCUT2D eigenvalue weighted by Gasteiger charge is 2.11. The summed E-state index contributed by atoms with van der Waals surface area (Å²) in [5.74, 6) is 1.23. The zero-order valence-corrected chi connectivity index (χ0v) is 14.0. The van der Waals surface area contributed by atoms with Crippen LogP contribution < -0.4 is 14.8 Å². The average molecular weight is 325 g/mol. The molecular weight excluding hydrogens is 302 g/mol. The number of carbonyl (C=O) groups is 1. The number of nitrogens with one attached hydrogen (secondary N) is 1. The van der Waals surface area contributed by atoms with E-state index < -0.39 is 0 Å². The van der Waals surface area contributed by atoms with E-state index in [0.717, 1.165) is 17.7 Å². The molecule has 24 heavy (non-hydrogen) atoms. The largest absolute Gasteiger partial charge is 0.494 e. The number of hydrogen-bond acceptors (Lipinski definition) is 3. The molecule has 2 rings (SSSR count). The number of amides is 1. The molecule has 126 valence electrons. The lowest BCUT2D eigenvalue weighted by Crippen LogP contribution is -2.23. The highest BCUT2D eigenvalue weighted by molar-refractivity contribution is 5.96. The van der Waals surface area contributed by atoms with Crippen LogP contribution >= 0.6 is 0 Å². The highest BCUT2D eigenvalue weighted by Crippen LogP contribution is 2.18. The Hall–Kier alpha value is -2.75. The lowest BCUT2D eigenvalue weighted by atomic mass is 10.1. The van der Waals surface area contributed by atoms with E-state index in [1.807, 2.05) is 36.4 Å². The first kappa shape index (κ1) is 17.6. The van der Waals surface area contributed by atoms with Gasteiger partial charge in [-0.3, -0.25) is 4.79 Å². The summed E-state index contributed by atoms with van der Waals surface area (Å²) < 4.78 is 11.1. The van der Waals surface area contributed by atoms with E-state index in [-0.39, 0.29) is 5.91 Å². The SMILES string of the molecule is C=CCOc1ccccc1C(=O)NCc1ccc(OCCC)cc1. The van der Waals surface area contributed by atoms with Gasteiger partial charge in [0.1, 0.15) is 18.1 Å². The van der Waals surface area contributed by atoms with Crippen molar-refractivity contribution in [3.05, 3.63) is 72.3 Å². The molecule has 0 bridgehead atoms. The molecule has 0 saturated heterocycles. The van der Waals surface area contributed by atoms with Gasteiger partial charge >= 0.3 is 0 Å². The van der Waals surface area contributed by atoms with Gasteiger partial charge in [-0.15, -0.1) is 0 Å². The Morgan fingerprint density at radius 1 is 1.12 bits per heavy atom. The van der Waals surface area contributed by atoms with Gasteiger partial charge in [0.25, 0.3) is 5.91 Å². The van der Waals surface area contributed by atoms with Crippen molar-refractivity contribution < 1.29 is 14.3 Å². The first-order chi connectivity index (χ1) is 11.7. The maximum Gasteiger partial charge on any atom is 0.255 e. The molecule has 0 unspecified atom stereocenters. The fourth-order valence-corrected chi connectivity index (χ4v) is 2.13. The highest BCUT2D eigenvalue weighted by atomic mass is 16.5. The summed E-state index contributed by atoms with van der Waals surface area (Å²) in [5, 5.41) is 2.91. The Morgan fingerprint density at radius 3 is 2.58 bits per heavy atom. The van der Waals surface area contributed by atoms with Gasteiger partial charge in [-0.2, -0.15) is 0 Å².